The van der Waals surface area contributed by atoms with Crippen LogP contribution in [0, 0.1) is 11.8 Å². The molecular formula is C10H19NO3. The number of carbonyl (C=O) groups is 1. The molecule has 0 radical (unpaired) electrons. The van der Waals surface area contributed by atoms with Crippen LogP contribution in [0.2, 0.25) is 0 Å². The van der Waals surface area contributed by atoms with E-state index < -0.39 is 0 Å². The molecule has 14 heavy (non-hydrogen) atoms. The van der Waals surface area contributed by atoms with E-state index in [0.717, 1.165) is 0 Å². The zero-order valence-corrected chi connectivity index (χ0v) is 9.48. The van der Waals surface area contributed by atoms with Crippen molar-refractivity contribution in [1.82, 2.24) is 5.06 Å². The third-order valence-electron chi connectivity index (χ3n) is 3.24. The third kappa shape index (κ3) is 1.91. The SMILES string of the molecule is CON(C)C(=O)C1OC(C)C(C)C1C. The van der Waals surface area contributed by atoms with Crippen molar-refractivity contribution >= 4 is 5.91 Å². The van der Waals surface area contributed by atoms with Crippen molar-refractivity contribution < 1.29 is 14.4 Å². The van der Waals surface area contributed by atoms with Crippen LogP contribution >= 0.6 is 0 Å². The summed E-state index contributed by atoms with van der Waals surface area (Å²) in [6.07, 6.45) is -0.214. The fourth-order valence-electron chi connectivity index (χ4n) is 1.73. The summed E-state index contributed by atoms with van der Waals surface area (Å²) >= 11 is 0. The van der Waals surface area contributed by atoms with Gasteiger partial charge in [-0.3, -0.25) is 9.63 Å². The van der Waals surface area contributed by atoms with E-state index in [4.69, 9.17) is 9.57 Å². The Kier molecular flexibility index (Phi) is 3.50. The van der Waals surface area contributed by atoms with Gasteiger partial charge in [0.05, 0.1) is 13.2 Å². The Bertz CT molecular complexity index is 219. The monoisotopic (exact) mass is 201 g/mol. The van der Waals surface area contributed by atoms with Crippen LogP contribution in [0.5, 0.6) is 0 Å². The summed E-state index contributed by atoms with van der Waals surface area (Å²) in [5.74, 6) is 0.556. The Morgan fingerprint density at radius 2 is 1.86 bits per heavy atom. The lowest BCUT2D eigenvalue weighted by molar-refractivity contribution is -0.181. The van der Waals surface area contributed by atoms with Gasteiger partial charge < -0.3 is 4.74 Å². The Morgan fingerprint density at radius 1 is 1.29 bits per heavy atom. The van der Waals surface area contributed by atoms with Crippen LogP contribution in [0.1, 0.15) is 20.8 Å². The Balaban J connectivity index is 2.66. The van der Waals surface area contributed by atoms with Gasteiger partial charge in [-0.05, 0) is 18.8 Å². The highest BCUT2D eigenvalue weighted by molar-refractivity contribution is 5.80. The van der Waals surface area contributed by atoms with Crippen molar-refractivity contribution in [1.29, 1.82) is 0 Å². The van der Waals surface area contributed by atoms with Crippen LogP contribution < -0.4 is 0 Å². The first kappa shape index (κ1) is 11.5. The summed E-state index contributed by atoms with van der Waals surface area (Å²) in [6, 6.07) is 0. The molecule has 1 rings (SSSR count). The summed E-state index contributed by atoms with van der Waals surface area (Å²) in [5, 5.41) is 1.23. The first-order valence-electron chi connectivity index (χ1n) is 4.96. The largest absolute Gasteiger partial charge is 0.365 e. The lowest BCUT2D eigenvalue weighted by atomic mass is 9.90. The second-order valence-electron chi connectivity index (χ2n) is 4.00. The molecule has 4 unspecified atom stereocenters. The number of likely N-dealkylation sites (N-methyl/N-ethyl adjacent to an activating group) is 1. The van der Waals surface area contributed by atoms with Gasteiger partial charge in [0.2, 0.25) is 0 Å². The molecule has 0 saturated carbocycles. The Hall–Kier alpha value is -0.610. The standard InChI is InChI=1S/C10H19NO3/c1-6-7(2)9(14-8(6)3)10(12)11(4)13-5/h6-9H,1-5H3. The zero-order valence-electron chi connectivity index (χ0n) is 9.48. The smallest absolute Gasteiger partial charge is 0.275 e. The quantitative estimate of drug-likeness (QED) is 0.627. The zero-order chi connectivity index (χ0) is 10.9. The van der Waals surface area contributed by atoms with Gasteiger partial charge in [0, 0.05) is 7.05 Å². The van der Waals surface area contributed by atoms with Crippen LogP contribution in [-0.4, -0.2) is 37.3 Å². The van der Waals surface area contributed by atoms with Crippen LogP contribution in [-0.2, 0) is 14.4 Å². The molecular weight excluding hydrogens is 182 g/mol. The number of rotatable bonds is 2. The van der Waals surface area contributed by atoms with Crippen LogP contribution in [0.15, 0.2) is 0 Å². The first-order chi connectivity index (χ1) is 6.49. The van der Waals surface area contributed by atoms with E-state index in [2.05, 4.69) is 6.92 Å². The van der Waals surface area contributed by atoms with Gasteiger partial charge in [0.15, 0.2) is 0 Å². The number of hydrogen-bond donors (Lipinski definition) is 0. The van der Waals surface area contributed by atoms with E-state index in [1.165, 1.54) is 12.2 Å². The molecule has 1 aliphatic rings. The van der Waals surface area contributed by atoms with Crippen LogP contribution in [0.25, 0.3) is 0 Å². The second-order valence-corrected chi connectivity index (χ2v) is 4.00. The van der Waals surface area contributed by atoms with E-state index in [1.807, 2.05) is 13.8 Å². The molecule has 0 aromatic heterocycles. The molecule has 0 aliphatic carbocycles. The maximum absolute atomic E-state index is 11.8. The van der Waals surface area contributed by atoms with E-state index >= 15 is 0 Å². The number of nitrogens with zero attached hydrogens (tertiary/aromatic N) is 1. The average molecular weight is 201 g/mol. The van der Waals surface area contributed by atoms with Crippen molar-refractivity contribution in [3.05, 3.63) is 0 Å². The van der Waals surface area contributed by atoms with Crippen LogP contribution in [0.3, 0.4) is 0 Å². The molecule has 1 saturated heterocycles. The minimum absolute atomic E-state index is 0.101. The first-order valence-corrected chi connectivity index (χ1v) is 4.96. The second kappa shape index (κ2) is 4.28. The van der Waals surface area contributed by atoms with Gasteiger partial charge in [-0.25, -0.2) is 5.06 Å². The van der Waals surface area contributed by atoms with Crippen molar-refractivity contribution in [2.75, 3.05) is 14.2 Å². The lowest BCUT2D eigenvalue weighted by Crippen LogP contribution is -2.38. The number of amides is 1. The molecule has 0 N–H and O–H groups in total. The highest BCUT2D eigenvalue weighted by Gasteiger charge is 2.41. The van der Waals surface area contributed by atoms with Gasteiger partial charge in [-0.2, -0.15) is 0 Å². The maximum Gasteiger partial charge on any atom is 0.275 e. The predicted octanol–water partition coefficient (Wildman–Crippen LogP) is 1.07. The molecule has 4 atom stereocenters. The molecule has 0 bridgehead atoms. The average Bonchev–Trinajstić information content (AvgIpc) is 2.43. The number of hydroxylamine groups is 2. The molecule has 0 aromatic rings. The normalized spacial score (nSPS) is 37.2. The molecule has 82 valence electrons. The van der Waals surface area contributed by atoms with Gasteiger partial charge >= 0.3 is 0 Å². The van der Waals surface area contributed by atoms with E-state index in [9.17, 15) is 4.79 Å². The molecule has 1 amide bonds. The molecule has 1 aliphatic heterocycles. The van der Waals surface area contributed by atoms with E-state index in [-0.39, 0.29) is 24.0 Å². The van der Waals surface area contributed by atoms with Gasteiger partial charge in [0.1, 0.15) is 6.10 Å². The Morgan fingerprint density at radius 3 is 2.21 bits per heavy atom. The van der Waals surface area contributed by atoms with Crippen molar-refractivity contribution in [3.63, 3.8) is 0 Å². The highest BCUT2D eigenvalue weighted by atomic mass is 16.7. The minimum Gasteiger partial charge on any atom is -0.365 e. The highest BCUT2D eigenvalue weighted by Crippen LogP contribution is 2.32. The number of carbonyl (C=O) groups excluding carboxylic acids is 1. The summed E-state index contributed by atoms with van der Waals surface area (Å²) < 4.78 is 5.60. The molecule has 0 spiro atoms. The third-order valence-corrected chi connectivity index (χ3v) is 3.24. The van der Waals surface area contributed by atoms with Crippen molar-refractivity contribution in [2.24, 2.45) is 11.8 Å². The molecule has 0 aromatic carbocycles. The number of hydrogen-bond acceptors (Lipinski definition) is 3. The topological polar surface area (TPSA) is 38.8 Å². The minimum atomic E-state index is -0.357. The molecule has 1 fully saturated rings. The molecule has 4 heteroatoms. The fraction of sp³-hybridized carbons (Fsp3) is 0.900. The number of ether oxygens (including phenoxy) is 1. The Labute approximate surface area is 85.1 Å². The van der Waals surface area contributed by atoms with E-state index in [1.54, 1.807) is 7.05 Å². The molecule has 4 nitrogen and oxygen atoms in total. The van der Waals surface area contributed by atoms with Gasteiger partial charge in [0.25, 0.3) is 5.91 Å². The maximum atomic E-state index is 11.8. The summed E-state index contributed by atoms with van der Waals surface area (Å²) in [4.78, 5) is 16.6. The van der Waals surface area contributed by atoms with Gasteiger partial charge in [-0.1, -0.05) is 13.8 Å². The summed E-state index contributed by atoms with van der Waals surface area (Å²) in [7, 11) is 3.08. The van der Waals surface area contributed by atoms with Crippen LogP contribution in [0.4, 0.5) is 0 Å². The fourth-order valence-corrected chi connectivity index (χ4v) is 1.73. The van der Waals surface area contributed by atoms with Crippen molar-refractivity contribution in [3.8, 4) is 0 Å². The molecule has 1 heterocycles. The summed E-state index contributed by atoms with van der Waals surface area (Å²) in [6.45, 7) is 6.15. The van der Waals surface area contributed by atoms with E-state index in [0.29, 0.717) is 5.92 Å². The lowest BCUT2D eigenvalue weighted by Gasteiger charge is -2.20. The predicted molar refractivity (Wildman–Crippen MR) is 52.4 cm³/mol. The van der Waals surface area contributed by atoms with Crippen molar-refractivity contribution in [2.45, 2.75) is 33.0 Å². The van der Waals surface area contributed by atoms with Gasteiger partial charge in [-0.15, -0.1) is 0 Å². The summed E-state index contributed by atoms with van der Waals surface area (Å²) in [5.41, 5.74) is 0.